The van der Waals surface area contributed by atoms with Gasteiger partial charge in [0.05, 0.1) is 13.2 Å². The molecule has 6 heteroatoms. The van der Waals surface area contributed by atoms with Crippen LogP contribution in [0.4, 0.5) is 4.79 Å². The first-order chi connectivity index (χ1) is 8.74. The second-order valence-electron chi connectivity index (χ2n) is 6.21. The fourth-order valence-corrected chi connectivity index (χ4v) is 3.01. The van der Waals surface area contributed by atoms with E-state index in [2.05, 4.69) is 0 Å². The molecule has 108 valence electrons. The lowest BCUT2D eigenvalue weighted by molar-refractivity contribution is -0.150. The smallest absolute Gasteiger partial charge is 0.411 e. The number of aliphatic hydroxyl groups is 1. The molecule has 0 unspecified atom stereocenters. The van der Waals surface area contributed by atoms with Crippen molar-refractivity contribution in [1.29, 1.82) is 0 Å². The van der Waals surface area contributed by atoms with Gasteiger partial charge in [-0.25, -0.2) is 9.59 Å². The molecule has 0 aromatic rings. The Balaban J connectivity index is 2.19. The van der Waals surface area contributed by atoms with Crippen molar-refractivity contribution in [3.8, 4) is 0 Å². The molecule has 2 fully saturated rings. The summed E-state index contributed by atoms with van der Waals surface area (Å²) in [6.07, 6.45) is 0.0625. The van der Waals surface area contributed by atoms with Crippen LogP contribution in [0.2, 0.25) is 0 Å². The van der Waals surface area contributed by atoms with Gasteiger partial charge in [-0.05, 0) is 33.6 Å². The van der Waals surface area contributed by atoms with Crippen molar-refractivity contribution in [2.24, 2.45) is 5.92 Å². The Hall–Kier alpha value is -1.30. The summed E-state index contributed by atoms with van der Waals surface area (Å²) >= 11 is 0. The van der Waals surface area contributed by atoms with Gasteiger partial charge in [0, 0.05) is 12.0 Å². The number of nitrogens with zero attached hydrogens (tertiary/aromatic N) is 1. The first kappa shape index (κ1) is 14.1. The number of fused-ring (bicyclic) bond motifs is 2. The minimum Gasteiger partial charge on any atom is -0.467 e. The molecule has 0 radical (unpaired) electrons. The van der Waals surface area contributed by atoms with Crippen LogP contribution in [-0.2, 0) is 14.3 Å². The molecule has 1 saturated heterocycles. The highest BCUT2D eigenvalue weighted by Crippen LogP contribution is 2.43. The second-order valence-corrected chi connectivity index (χ2v) is 6.21. The van der Waals surface area contributed by atoms with Gasteiger partial charge >= 0.3 is 12.1 Å². The van der Waals surface area contributed by atoms with Crippen molar-refractivity contribution in [2.75, 3.05) is 7.11 Å². The molecule has 4 atom stereocenters. The van der Waals surface area contributed by atoms with E-state index in [9.17, 15) is 14.7 Å². The van der Waals surface area contributed by atoms with E-state index in [1.54, 1.807) is 20.8 Å². The molecule has 1 aliphatic carbocycles. The average molecular weight is 271 g/mol. The number of hydrogen-bond donors (Lipinski definition) is 1. The zero-order chi connectivity index (χ0) is 14.4. The Bertz CT molecular complexity index is 389. The molecule has 19 heavy (non-hydrogen) atoms. The lowest BCUT2D eigenvalue weighted by atomic mass is 9.96. The van der Waals surface area contributed by atoms with Crippen LogP contribution in [0, 0.1) is 5.92 Å². The zero-order valence-electron chi connectivity index (χ0n) is 11.8. The lowest BCUT2D eigenvalue weighted by Gasteiger charge is -2.36. The Morgan fingerprint density at radius 2 is 1.89 bits per heavy atom. The van der Waals surface area contributed by atoms with Gasteiger partial charge < -0.3 is 14.6 Å². The Morgan fingerprint density at radius 1 is 1.26 bits per heavy atom. The highest BCUT2D eigenvalue weighted by Gasteiger charge is 2.57. The predicted octanol–water partition coefficient (Wildman–Crippen LogP) is 0.918. The molecule has 2 bridgehead atoms. The van der Waals surface area contributed by atoms with E-state index in [4.69, 9.17) is 9.47 Å². The van der Waals surface area contributed by atoms with Crippen LogP contribution in [0.25, 0.3) is 0 Å². The SMILES string of the molecule is COC(=O)[C@H]1[C@H]2C[C@H](C[C@H]2O)N1C(=O)OC(C)(C)C. The molecule has 0 aromatic carbocycles. The second kappa shape index (κ2) is 4.67. The number of aliphatic hydroxyl groups excluding tert-OH is 1. The maximum absolute atomic E-state index is 12.2. The number of carbonyl (C=O) groups is 2. The molecule has 1 amide bonds. The third kappa shape index (κ3) is 2.54. The highest BCUT2D eigenvalue weighted by atomic mass is 16.6. The molecule has 0 aromatic heterocycles. The molecule has 2 rings (SSSR count). The molecule has 1 heterocycles. The van der Waals surface area contributed by atoms with E-state index in [0.717, 1.165) is 0 Å². The minimum atomic E-state index is -0.728. The Kier molecular flexibility index (Phi) is 3.47. The summed E-state index contributed by atoms with van der Waals surface area (Å²) in [6.45, 7) is 5.34. The largest absolute Gasteiger partial charge is 0.467 e. The standard InChI is InChI=1S/C13H21NO5/c1-13(2,3)19-12(17)14-7-5-8(9(15)6-7)10(14)11(16)18-4/h7-10,15H,5-6H2,1-4H3/t7-,8+,9-,10-/m1/s1. The van der Waals surface area contributed by atoms with Crippen molar-refractivity contribution in [1.82, 2.24) is 4.90 Å². The quantitative estimate of drug-likeness (QED) is 0.718. The van der Waals surface area contributed by atoms with Gasteiger partial charge in [0.2, 0.25) is 0 Å². The number of ether oxygens (including phenoxy) is 2. The fraction of sp³-hybridized carbons (Fsp3) is 0.846. The van der Waals surface area contributed by atoms with Gasteiger partial charge in [-0.1, -0.05) is 0 Å². The van der Waals surface area contributed by atoms with Crippen LogP contribution in [0.3, 0.4) is 0 Å². The number of piperidine rings is 1. The van der Waals surface area contributed by atoms with E-state index in [1.165, 1.54) is 12.0 Å². The predicted molar refractivity (Wildman–Crippen MR) is 66.4 cm³/mol. The molecule has 1 N–H and O–H groups in total. The van der Waals surface area contributed by atoms with E-state index in [0.29, 0.717) is 12.8 Å². The highest BCUT2D eigenvalue weighted by molar-refractivity contribution is 5.83. The van der Waals surface area contributed by atoms with Crippen molar-refractivity contribution in [3.05, 3.63) is 0 Å². The van der Waals surface area contributed by atoms with Crippen LogP contribution < -0.4 is 0 Å². The Labute approximate surface area is 112 Å². The lowest BCUT2D eigenvalue weighted by Crippen LogP contribution is -2.54. The van der Waals surface area contributed by atoms with Gasteiger partial charge in [0.25, 0.3) is 0 Å². The topological polar surface area (TPSA) is 76.1 Å². The number of hydrogen-bond acceptors (Lipinski definition) is 5. The first-order valence-corrected chi connectivity index (χ1v) is 6.52. The van der Waals surface area contributed by atoms with Gasteiger partial charge in [0.15, 0.2) is 0 Å². The minimum absolute atomic E-state index is 0.140. The summed E-state index contributed by atoms with van der Waals surface area (Å²) < 4.78 is 10.1. The van der Waals surface area contributed by atoms with Crippen LogP contribution in [0.1, 0.15) is 33.6 Å². The number of carbonyl (C=O) groups excluding carboxylic acids is 2. The van der Waals surface area contributed by atoms with E-state index in [-0.39, 0.29) is 12.0 Å². The van der Waals surface area contributed by atoms with Crippen LogP contribution in [0.5, 0.6) is 0 Å². The average Bonchev–Trinajstić information content (AvgIpc) is 2.81. The van der Waals surface area contributed by atoms with E-state index in [1.807, 2.05) is 0 Å². The van der Waals surface area contributed by atoms with Gasteiger partial charge in [-0.2, -0.15) is 0 Å². The molecule has 1 aliphatic heterocycles. The number of amides is 1. The number of rotatable bonds is 1. The summed E-state index contributed by atoms with van der Waals surface area (Å²) in [5.74, 6) is -0.734. The maximum atomic E-state index is 12.2. The summed E-state index contributed by atoms with van der Waals surface area (Å²) in [7, 11) is 1.29. The number of likely N-dealkylation sites (tertiary alicyclic amines) is 1. The summed E-state index contributed by atoms with van der Waals surface area (Å²) in [5, 5.41) is 9.88. The first-order valence-electron chi connectivity index (χ1n) is 6.52. The van der Waals surface area contributed by atoms with E-state index < -0.39 is 29.8 Å². The van der Waals surface area contributed by atoms with E-state index >= 15 is 0 Å². The summed E-state index contributed by atoms with van der Waals surface area (Å²) in [4.78, 5) is 25.5. The summed E-state index contributed by atoms with van der Waals surface area (Å²) in [6, 6.07) is -0.868. The van der Waals surface area contributed by atoms with Crippen molar-refractivity contribution < 1.29 is 24.2 Å². The third-order valence-electron chi connectivity index (χ3n) is 3.70. The van der Waals surface area contributed by atoms with Crippen molar-refractivity contribution in [3.63, 3.8) is 0 Å². The van der Waals surface area contributed by atoms with Crippen molar-refractivity contribution >= 4 is 12.1 Å². The third-order valence-corrected chi connectivity index (χ3v) is 3.70. The fourth-order valence-electron chi connectivity index (χ4n) is 3.01. The van der Waals surface area contributed by atoms with Gasteiger partial charge in [0.1, 0.15) is 11.6 Å². The molecule has 2 aliphatic rings. The molecular formula is C13H21NO5. The van der Waals surface area contributed by atoms with Crippen LogP contribution in [0.15, 0.2) is 0 Å². The van der Waals surface area contributed by atoms with Gasteiger partial charge in [-0.3, -0.25) is 4.90 Å². The molecule has 0 spiro atoms. The normalized spacial score (nSPS) is 33.4. The van der Waals surface area contributed by atoms with Gasteiger partial charge in [-0.15, -0.1) is 0 Å². The van der Waals surface area contributed by atoms with Crippen LogP contribution >= 0.6 is 0 Å². The molecule has 6 nitrogen and oxygen atoms in total. The zero-order valence-corrected chi connectivity index (χ0v) is 11.8. The molecular weight excluding hydrogens is 250 g/mol. The van der Waals surface area contributed by atoms with Crippen LogP contribution in [-0.4, -0.2) is 53.0 Å². The Morgan fingerprint density at radius 3 is 2.42 bits per heavy atom. The summed E-state index contributed by atoms with van der Waals surface area (Å²) in [5.41, 5.74) is -0.613. The molecule has 1 saturated carbocycles. The number of esters is 1. The maximum Gasteiger partial charge on any atom is 0.411 e. The number of methoxy groups -OCH3 is 1. The monoisotopic (exact) mass is 271 g/mol. The van der Waals surface area contributed by atoms with Crippen molar-refractivity contribution in [2.45, 2.75) is 57.4 Å².